The van der Waals surface area contributed by atoms with E-state index in [1.807, 2.05) is 0 Å². The van der Waals surface area contributed by atoms with Gasteiger partial charge in [0.15, 0.2) is 0 Å². The number of phenolic OH excluding ortho intramolecular Hbond substituents is 1. The number of likely N-dealkylation sites (tertiary alicyclic amines) is 1. The van der Waals surface area contributed by atoms with Gasteiger partial charge in [0.05, 0.1) is 11.4 Å². The Morgan fingerprint density at radius 2 is 2.26 bits per heavy atom. The van der Waals surface area contributed by atoms with E-state index in [-0.39, 0.29) is 16.7 Å². The largest absolute Gasteiger partial charge is 0.506 e. The zero-order valence-electron chi connectivity index (χ0n) is 14.0. The molecule has 1 aromatic rings. The van der Waals surface area contributed by atoms with Crippen LogP contribution in [-0.4, -0.2) is 42.1 Å². The first-order valence-corrected chi connectivity index (χ1v) is 8.78. The average molecular weight is 339 g/mol. The minimum Gasteiger partial charge on any atom is -0.506 e. The number of carbonyl (C=O) groups is 1. The molecule has 0 radical (unpaired) electrons. The predicted octanol–water partition coefficient (Wildman–Crippen LogP) is 3.07. The molecule has 1 aliphatic rings. The Labute approximate surface area is 143 Å². The maximum atomic E-state index is 12.1. The Morgan fingerprint density at radius 1 is 1.48 bits per heavy atom. The summed E-state index contributed by atoms with van der Waals surface area (Å²) < 4.78 is 0. The molecule has 0 spiro atoms. The summed E-state index contributed by atoms with van der Waals surface area (Å²) in [6.45, 7) is 8.61. The van der Waals surface area contributed by atoms with Gasteiger partial charge >= 0.3 is 0 Å². The van der Waals surface area contributed by atoms with Crippen LogP contribution in [0.15, 0.2) is 18.2 Å². The molecule has 2 N–H and O–H groups in total. The zero-order valence-corrected chi connectivity index (χ0v) is 14.8. The molecule has 0 saturated carbocycles. The molecule has 1 atom stereocenters. The molecule has 2 rings (SSSR count). The lowest BCUT2D eigenvalue weighted by molar-refractivity contribution is -0.120. The molecule has 5 heteroatoms. The normalized spacial score (nSPS) is 19.0. The van der Waals surface area contributed by atoms with Crippen molar-refractivity contribution in [2.75, 3.05) is 26.2 Å². The van der Waals surface area contributed by atoms with Crippen molar-refractivity contribution in [1.82, 2.24) is 10.2 Å². The van der Waals surface area contributed by atoms with E-state index in [9.17, 15) is 9.90 Å². The minimum atomic E-state index is 0.00717. The lowest BCUT2D eigenvalue weighted by Gasteiger charge is -2.33. The number of amides is 1. The smallest absolute Gasteiger partial charge is 0.224 e. The second kappa shape index (κ2) is 8.55. The van der Waals surface area contributed by atoms with Gasteiger partial charge in [0, 0.05) is 19.6 Å². The molecule has 1 amide bonds. The Balaban J connectivity index is 1.76. The highest BCUT2D eigenvalue weighted by molar-refractivity contribution is 6.32. The second-order valence-electron chi connectivity index (χ2n) is 6.93. The van der Waals surface area contributed by atoms with Gasteiger partial charge in [-0.1, -0.05) is 31.5 Å². The standard InChI is InChI=1S/C18H27ClN2O2/c1-13(2)11-21-7-3-4-15(12-21)10-20-18(23)9-14-5-6-17(22)16(19)8-14/h5-6,8,13,15,22H,3-4,7,9-12H2,1-2H3,(H,20,23)/t15-/m0/s1. The number of nitrogens with zero attached hydrogens (tertiary/aromatic N) is 1. The van der Waals surface area contributed by atoms with Gasteiger partial charge in [-0.05, 0) is 48.9 Å². The number of rotatable bonds is 6. The Kier molecular flexibility index (Phi) is 6.72. The molecule has 0 unspecified atom stereocenters. The highest BCUT2D eigenvalue weighted by Crippen LogP contribution is 2.23. The highest BCUT2D eigenvalue weighted by Gasteiger charge is 2.20. The van der Waals surface area contributed by atoms with Crippen LogP contribution in [0.4, 0.5) is 0 Å². The molecule has 0 bridgehead atoms. The lowest BCUT2D eigenvalue weighted by atomic mass is 9.97. The van der Waals surface area contributed by atoms with E-state index in [2.05, 4.69) is 24.1 Å². The molecule has 0 aromatic heterocycles. The van der Waals surface area contributed by atoms with Crippen LogP contribution in [-0.2, 0) is 11.2 Å². The minimum absolute atomic E-state index is 0.00717. The molecule has 1 saturated heterocycles. The van der Waals surface area contributed by atoms with Crippen LogP contribution in [0.5, 0.6) is 5.75 Å². The Bertz CT molecular complexity index is 534. The fourth-order valence-electron chi connectivity index (χ4n) is 3.17. The van der Waals surface area contributed by atoms with Crippen LogP contribution in [0.2, 0.25) is 5.02 Å². The summed E-state index contributed by atoms with van der Waals surface area (Å²) >= 11 is 5.87. The molecule has 1 aromatic carbocycles. The summed E-state index contributed by atoms with van der Waals surface area (Å²) in [7, 11) is 0. The van der Waals surface area contributed by atoms with Crippen LogP contribution in [0.1, 0.15) is 32.3 Å². The van der Waals surface area contributed by atoms with Crippen molar-refractivity contribution in [2.24, 2.45) is 11.8 Å². The number of carbonyl (C=O) groups excluding carboxylic acids is 1. The van der Waals surface area contributed by atoms with E-state index in [4.69, 9.17) is 11.6 Å². The number of hydrogen-bond donors (Lipinski definition) is 2. The first-order valence-electron chi connectivity index (χ1n) is 8.40. The average Bonchev–Trinajstić information content (AvgIpc) is 2.49. The zero-order chi connectivity index (χ0) is 16.8. The van der Waals surface area contributed by atoms with Crippen molar-refractivity contribution in [3.63, 3.8) is 0 Å². The van der Waals surface area contributed by atoms with Crippen molar-refractivity contribution in [3.05, 3.63) is 28.8 Å². The first-order chi connectivity index (χ1) is 10.9. The third kappa shape index (κ3) is 6.04. The topological polar surface area (TPSA) is 52.6 Å². The molecule has 4 nitrogen and oxygen atoms in total. The van der Waals surface area contributed by atoms with Gasteiger partial charge in [-0.3, -0.25) is 4.79 Å². The SMILES string of the molecule is CC(C)CN1CCC[C@@H](CNC(=O)Cc2ccc(O)c(Cl)c2)C1. The molecule has 1 fully saturated rings. The number of aromatic hydroxyl groups is 1. The van der Waals surface area contributed by atoms with Crippen molar-refractivity contribution in [2.45, 2.75) is 33.1 Å². The van der Waals surface area contributed by atoms with E-state index >= 15 is 0 Å². The van der Waals surface area contributed by atoms with Gasteiger partial charge in [0.25, 0.3) is 0 Å². The fourth-order valence-corrected chi connectivity index (χ4v) is 3.37. The maximum absolute atomic E-state index is 12.1. The number of hydrogen-bond acceptors (Lipinski definition) is 3. The van der Waals surface area contributed by atoms with Crippen LogP contribution in [0.25, 0.3) is 0 Å². The van der Waals surface area contributed by atoms with E-state index in [0.717, 1.165) is 25.2 Å². The third-order valence-corrected chi connectivity index (χ3v) is 4.49. The molecule has 0 aliphatic carbocycles. The predicted molar refractivity (Wildman–Crippen MR) is 93.8 cm³/mol. The van der Waals surface area contributed by atoms with Crippen LogP contribution >= 0.6 is 11.6 Å². The van der Waals surface area contributed by atoms with Crippen molar-refractivity contribution >= 4 is 17.5 Å². The summed E-state index contributed by atoms with van der Waals surface area (Å²) in [5, 5.41) is 12.7. The maximum Gasteiger partial charge on any atom is 0.224 e. The summed E-state index contributed by atoms with van der Waals surface area (Å²) in [4.78, 5) is 14.6. The van der Waals surface area contributed by atoms with Gasteiger partial charge in [-0.25, -0.2) is 0 Å². The van der Waals surface area contributed by atoms with Gasteiger partial charge in [-0.15, -0.1) is 0 Å². The van der Waals surface area contributed by atoms with E-state index in [1.165, 1.54) is 25.5 Å². The van der Waals surface area contributed by atoms with Gasteiger partial charge < -0.3 is 15.3 Å². The number of phenols is 1. The molecular formula is C18H27ClN2O2. The Hall–Kier alpha value is -1.26. The Morgan fingerprint density at radius 3 is 2.96 bits per heavy atom. The second-order valence-corrected chi connectivity index (χ2v) is 7.34. The van der Waals surface area contributed by atoms with Crippen molar-refractivity contribution in [1.29, 1.82) is 0 Å². The number of benzene rings is 1. The number of nitrogens with one attached hydrogen (secondary N) is 1. The van der Waals surface area contributed by atoms with Gasteiger partial charge in [0.1, 0.15) is 5.75 Å². The quantitative estimate of drug-likeness (QED) is 0.838. The first kappa shape index (κ1) is 18.1. The molecule has 1 aliphatic heterocycles. The van der Waals surface area contributed by atoms with Gasteiger partial charge in [-0.2, -0.15) is 0 Å². The number of piperidine rings is 1. The van der Waals surface area contributed by atoms with Crippen LogP contribution in [0, 0.1) is 11.8 Å². The fraction of sp³-hybridized carbons (Fsp3) is 0.611. The van der Waals surface area contributed by atoms with E-state index in [1.54, 1.807) is 12.1 Å². The van der Waals surface area contributed by atoms with E-state index < -0.39 is 0 Å². The molecule has 128 valence electrons. The molecule has 1 heterocycles. The summed E-state index contributed by atoms with van der Waals surface area (Å²) in [5.41, 5.74) is 0.815. The molecule has 23 heavy (non-hydrogen) atoms. The van der Waals surface area contributed by atoms with Crippen molar-refractivity contribution in [3.8, 4) is 5.75 Å². The summed E-state index contributed by atoms with van der Waals surface area (Å²) in [6, 6.07) is 4.89. The van der Waals surface area contributed by atoms with Gasteiger partial charge in [0.2, 0.25) is 5.91 Å². The molecular weight excluding hydrogens is 312 g/mol. The van der Waals surface area contributed by atoms with Crippen LogP contribution in [0.3, 0.4) is 0 Å². The number of halogens is 1. The monoisotopic (exact) mass is 338 g/mol. The highest BCUT2D eigenvalue weighted by atomic mass is 35.5. The third-order valence-electron chi connectivity index (χ3n) is 4.19. The summed E-state index contributed by atoms with van der Waals surface area (Å²) in [6.07, 6.45) is 2.68. The lowest BCUT2D eigenvalue weighted by Crippen LogP contribution is -2.42. The van der Waals surface area contributed by atoms with Crippen molar-refractivity contribution < 1.29 is 9.90 Å². The van der Waals surface area contributed by atoms with Crippen LogP contribution < -0.4 is 5.32 Å². The van der Waals surface area contributed by atoms with E-state index in [0.29, 0.717) is 18.3 Å². The summed E-state index contributed by atoms with van der Waals surface area (Å²) in [5.74, 6) is 1.27.